The van der Waals surface area contributed by atoms with Crippen LogP contribution in [0.5, 0.6) is 5.75 Å². The van der Waals surface area contributed by atoms with Gasteiger partial charge < -0.3 is 25.3 Å². The highest BCUT2D eigenvalue weighted by Crippen LogP contribution is 2.43. The lowest BCUT2D eigenvalue weighted by molar-refractivity contribution is 0.152. The van der Waals surface area contributed by atoms with Crippen LogP contribution >= 0.6 is 11.6 Å². The summed E-state index contributed by atoms with van der Waals surface area (Å²) in [4.78, 5) is 3.45. The van der Waals surface area contributed by atoms with Crippen LogP contribution in [0.25, 0.3) is 22.2 Å². The Hall–Kier alpha value is -2.38. The molecule has 2 aromatic carbocycles. The topological polar surface area (TPSA) is 101 Å². The van der Waals surface area contributed by atoms with Gasteiger partial charge in [0.05, 0.1) is 11.6 Å². The minimum atomic E-state index is -0.800. The molecule has 0 amide bonds. The molecule has 164 valence electrons. The van der Waals surface area contributed by atoms with Crippen LogP contribution in [0.1, 0.15) is 49.1 Å². The van der Waals surface area contributed by atoms with Gasteiger partial charge in [-0.15, -0.1) is 0 Å². The fraction of sp³-hybridized carbons (Fsp3) is 0.375. The standard InChI is InChI=1S/C24H28ClN3O3/c1-2-4-16(26)10-14-5-6-19-15(9-14)11-20(28-19)17-12-21(31-8-3-7-29)23(25)18-13-27-24(30)22(17)18/h5-6,9,11-12,24,26-30H,2-4,7-8,10,13H2,1H3. The van der Waals surface area contributed by atoms with E-state index >= 15 is 0 Å². The molecule has 5 N–H and O–H groups in total. The normalized spacial score (nSPS) is 15.4. The van der Waals surface area contributed by atoms with Crippen molar-refractivity contribution in [1.82, 2.24) is 10.3 Å². The Morgan fingerprint density at radius 2 is 2.13 bits per heavy atom. The number of aromatic nitrogens is 1. The highest BCUT2D eigenvalue weighted by Gasteiger charge is 2.29. The van der Waals surface area contributed by atoms with E-state index < -0.39 is 6.23 Å². The van der Waals surface area contributed by atoms with Crippen molar-refractivity contribution < 1.29 is 14.9 Å². The molecule has 0 saturated heterocycles. The zero-order valence-corrected chi connectivity index (χ0v) is 18.4. The summed E-state index contributed by atoms with van der Waals surface area (Å²) >= 11 is 6.56. The largest absolute Gasteiger partial charge is 0.492 e. The van der Waals surface area contributed by atoms with Gasteiger partial charge in [-0.1, -0.05) is 31.0 Å². The average molecular weight is 442 g/mol. The molecule has 3 aromatic rings. The van der Waals surface area contributed by atoms with Crippen molar-refractivity contribution in [3.8, 4) is 17.0 Å². The molecule has 0 spiro atoms. The Kier molecular flexibility index (Phi) is 6.62. The molecule has 0 bridgehead atoms. The Balaban J connectivity index is 1.73. The van der Waals surface area contributed by atoms with E-state index in [4.69, 9.17) is 26.9 Å². The number of nitrogens with one attached hydrogen (secondary N) is 3. The minimum Gasteiger partial charge on any atom is -0.492 e. The summed E-state index contributed by atoms with van der Waals surface area (Å²) in [6, 6.07) is 10.1. The van der Waals surface area contributed by atoms with Crippen LogP contribution in [-0.2, 0) is 13.0 Å². The minimum absolute atomic E-state index is 0.0513. The Labute approximate surface area is 186 Å². The smallest absolute Gasteiger partial charge is 0.138 e. The van der Waals surface area contributed by atoms with E-state index in [1.807, 2.05) is 12.1 Å². The summed E-state index contributed by atoms with van der Waals surface area (Å²) in [5.41, 5.74) is 6.16. The van der Waals surface area contributed by atoms with Crippen molar-refractivity contribution in [3.05, 3.63) is 52.0 Å². The number of rotatable bonds is 9. The molecule has 2 heterocycles. The Bertz CT molecular complexity index is 1110. The lowest BCUT2D eigenvalue weighted by Crippen LogP contribution is -2.10. The highest BCUT2D eigenvalue weighted by molar-refractivity contribution is 6.33. The van der Waals surface area contributed by atoms with Crippen molar-refractivity contribution in [2.24, 2.45) is 0 Å². The number of aliphatic hydroxyl groups excluding tert-OH is 2. The lowest BCUT2D eigenvalue weighted by atomic mass is 9.99. The van der Waals surface area contributed by atoms with Gasteiger partial charge in [-0.2, -0.15) is 0 Å². The number of H-pyrrole nitrogens is 1. The van der Waals surface area contributed by atoms with Crippen LogP contribution in [-0.4, -0.2) is 34.1 Å². The SMILES string of the molecule is CCCC(=N)Cc1ccc2[nH]c(-c3cc(OCCCO)c(Cl)c4c3C(O)NC4)cc2c1. The molecule has 0 aliphatic carbocycles. The molecule has 1 aliphatic rings. The van der Waals surface area contributed by atoms with E-state index in [9.17, 15) is 5.11 Å². The quantitative estimate of drug-likeness (QED) is 0.245. The first kappa shape index (κ1) is 21.8. The van der Waals surface area contributed by atoms with E-state index in [0.717, 1.165) is 57.4 Å². The molecule has 1 unspecified atom stereocenters. The molecule has 7 heteroatoms. The van der Waals surface area contributed by atoms with Gasteiger partial charge in [0.2, 0.25) is 0 Å². The number of hydrogen-bond acceptors (Lipinski definition) is 5. The van der Waals surface area contributed by atoms with Crippen LogP contribution < -0.4 is 10.1 Å². The van der Waals surface area contributed by atoms with Crippen LogP contribution in [0.3, 0.4) is 0 Å². The number of fused-ring (bicyclic) bond motifs is 2. The van der Waals surface area contributed by atoms with Crippen LogP contribution in [0.4, 0.5) is 0 Å². The zero-order chi connectivity index (χ0) is 22.0. The first-order chi connectivity index (χ1) is 15.0. The fourth-order valence-electron chi connectivity index (χ4n) is 4.14. The van der Waals surface area contributed by atoms with Crippen molar-refractivity contribution in [2.45, 2.75) is 45.4 Å². The molecule has 31 heavy (non-hydrogen) atoms. The average Bonchev–Trinajstić information content (AvgIpc) is 3.34. The van der Waals surface area contributed by atoms with Crippen molar-refractivity contribution >= 4 is 28.2 Å². The highest BCUT2D eigenvalue weighted by atomic mass is 35.5. The van der Waals surface area contributed by atoms with Gasteiger partial charge in [0, 0.05) is 59.4 Å². The molecule has 6 nitrogen and oxygen atoms in total. The van der Waals surface area contributed by atoms with Crippen molar-refractivity contribution in [1.29, 1.82) is 5.41 Å². The fourth-order valence-corrected chi connectivity index (χ4v) is 4.41. The second-order valence-corrected chi connectivity index (χ2v) is 8.35. The van der Waals surface area contributed by atoms with Gasteiger partial charge in [0.1, 0.15) is 12.0 Å². The lowest BCUT2D eigenvalue weighted by Gasteiger charge is -2.15. The first-order valence-electron chi connectivity index (χ1n) is 10.7. The van der Waals surface area contributed by atoms with Gasteiger partial charge >= 0.3 is 0 Å². The van der Waals surface area contributed by atoms with Gasteiger partial charge in [0.15, 0.2) is 0 Å². The summed E-state index contributed by atoms with van der Waals surface area (Å²) in [5.74, 6) is 0.548. The van der Waals surface area contributed by atoms with Gasteiger partial charge in [-0.3, -0.25) is 5.32 Å². The Morgan fingerprint density at radius 3 is 2.90 bits per heavy atom. The zero-order valence-electron chi connectivity index (χ0n) is 17.6. The number of benzene rings is 2. The third-order valence-electron chi connectivity index (χ3n) is 5.62. The van der Waals surface area contributed by atoms with Crippen molar-refractivity contribution in [3.63, 3.8) is 0 Å². The van der Waals surface area contributed by atoms with Gasteiger partial charge in [0.25, 0.3) is 0 Å². The van der Waals surface area contributed by atoms with Crippen LogP contribution in [0.2, 0.25) is 5.02 Å². The van der Waals surface area contributed by atoms with E-state index in [1.165, 1.54) is 0 Å². The molecule has 4 rings (SSSR count). The summed E-state index contributed by atoms with van der Waals surface area (Å²) in [6.07, 6.45) is 2.18. The van der Waals surface area contributed by atoms with Gasteiger partial charge in [-0.25, -0.2) is 0 Å². The van der Waals surface area contributed by atoms with E-state index in [1.54, 1.807) is 0 Å². The number of aromatic amines is 1. The van der Waals surface area contributed by atoms with Gasteiger partial charge in [-0.05, 0) is 41.8 Å². The number of aliphatic hydroxyl groups is 2. The molecule has 0 fully saturated rings. The van der Waals surface area contributed by atoms with E-state index in [-0.39, 0.29) is 6.61 Å². The molecule has 1 aromatic heterocycles. The third-order valence-corrected chi connectivity index (χ3v) is 6.04. The summed E-state index contributed by atoms with van der Waals surface area (Å²) in [5, 5.41) is 32.3. The molecular formula is C24H28ClN3O3. The molecule has 1 atom stereocenters. The second kappa shape index (κ2) is 9.40. The number of ether oxygens (including phenoxy) is 1. The third kappa shape index (κ3) is 4.48. The van der Waals surface area contributed by atoms with Crippen molar-refractivity contribution in [2.75, 3.05) is 13.2 Å². The maximum atomic E-state index is 10.5. The second-order valence-electron chi connectivity index (χ2n) is 7.97. The predicted octanol–water partition coefficient (Wildman–Crippen LogP) is 4.71. The molecule has 1 aliphatic heterocycles. The monoisotopic (exact) mass is 441 g/mol. The van der Waals surface area contributed by atoms with Crippen LogP contribution in [0.15, 0.2) is 30.3 Å². The first-order valence-corrected chi connectivity index (χ1v) is 11.1. The Morgan fingerprint density at radius 1 is 1.29 bits per heavy atom. The van der Waals surface area contributed by atoms with E-state index in [2.05, 4.69) is 35.4 Å². The summed E-state index contributed by atoms with van der Waals surface area (Å²) in [7, 11) is 0. The molecular weight excluding hydrogens is 414 g/mol. The molecule has 0 saturated carbocycles. The van der Waals surface area contributed by atoms with Crippen LogP contribution in [0, 0.1) is 5.41 Å². The maximum absolute atomic E-state index is 10.5. The summed E-state index contributed by atoms with van der Waals surface area (Å²) < 4.78 is 5.82. The summed E-state index contributed by atoms with van der Waals surface area (Å²) in [6.45, 7) is 2.97. The number of halogens is 1. The number of hydrogen-bond donors (Lipinski definition) is 5. The maximum Gasteiger partial charge on any atom is 0.138 e. The molecule has 0 radical (unpaired) electrons. The predicted molar refractivity (Wildman–Crippen MR) is 124 cm³/mol. The van der Waals surface area contributed by atoms with E-state index in [0.29, 0.717) is 36.8 Å².